The van der Waals surface area contributed by atoms with Gasteiger partial charge in [0.2, 0.25) is 0 Å². The third kappa shape index (κ3) is 3.25. The van der Waals surface area contributed by atoms with Crippen molar-refractivity contribution >= 4 is 27.5 Å². The van der Waals surface area contributed by atoms with Gasteiger partial charge >= 0.3 is 0 Å². The predicted molar refractivity (Wildman–Crippen MR) is 77.5 cm³/mol. The van der Waals surface area contributed by atoms with Crippen molar-refractivity contribution in [3.63, 3.8) is 0 Å². The summed E-state index contributed by atoms with van der Waals surface area (Å²) in [4.78, 5) is 14.4. The topological polar surface area (TPSA) is 46.3 Å². The number of nitrogens with zero attached hydrogens (tertiary/aromatic N) is 1. The fraction of sp³-hybridized carbons (Fsp3) is 0.500. The molecule has 1 aliphatic carbocycles. The first-order chi connectivity index (χ1) is 8.47. The van der Waals surface area contributed by atoms with Crippen LogP contribution in [0, 0.1) is 5.92 Å². The minimum atomic E-state index is 0.0740. The molecule has 0 heterocycles. The molecule has 2 rings (SSSR count). The first kappa shape index (κ1) is 13.4. The van der Waals surface area contributed by atoms with Gasteiger partial charge in [0.05, 0.1) is 0 Å². The molecule has 0 atom stereocenters. The number of carbonyl (C=O) groups is 1. The number of rotatable bonds is 4. The molecular weight excluding hydrogens is 292 g/mol. The Balaban J connectivity index is 2.20. The molecule has 3 nitrogen and oxygen atoms in total. The molecule has 0 unspecified atom stereocenters. The van der Waals surface area contributed by atoms with Gasteiger partial charge in [-0.3, -0.25) is 4.79 Å². The van der Waals surface area contributed by atoms with Crippen LogP contribution < -0.4 is 5.73 Å². The number of nitrogen functional groups attached to an aromatic ring is 1. The third-order valence-electron chi connectivity index (χ3n) is 3.20. The van der Waals surface area contributed by atoms with E-state index in [1.807, 2.05) is 11.0 Å². The maximum Gasteiger partial charge on any atom is 0.254 e. The van der Waals surface area contributed by atoms with Crippen molar-refractivity contribution in [3.05, 3.63) is 28.2 Å². The molecule has 1 fully saturated rings. The van der Waals surface area contributed by atoms with Gasteiger partial charge in [0.15, 0.2) is 0 Å². The van der Waals surface area contributed by atoms with Crippen LogP contribution in [0.2, 0.25) is 0 Å². The smallest absolute Gasteiger partial charge is 0.254 e. The second-order valence-corrected chi connectivity index (χ2v) is 6.18. The lowest BCUT2D eigenvalue weighted by atomic mass is 10.1. The van der Waals surface area contributed by atoms with Crippen molar-refractivity contribution < 1.29 is 4.79 Å². The minimum absolute atomic E-state index is 0.0740. The second-order valence-electron chi connectivity index (χ2n) is 5.27. The van der Waals surface area contributed by atoms with E-state index >= 15 is 0 Å². The molecule has 1 aromatic carbocycles. The Morgan fingerprint density at radius 2 is 2.11 bits per heavy atom. The lowest BCUT2D eigenvalue weighted by Crippen LogP contribution is -2.38. The summed E-state index contributed by atoms with van der Waals surface area (Å²) in [6.45, 7) is 4.98. The molecule has 0 spiro atoms. The molecule has 0 bridgehead atoms. The largest absolute Gasteiger partial charge is 0.399 e. The highest BCUT2D eigenvalue weighted by Crippen LogP contribution is 2.31. The maximum absolute atomic E-state index is 12.5. The molecule has 0 radical (unpaired) electrons. The number of hydrogen-bond acceptors (Lipinski definition) is 2. The Bertz CT molecular complexity index is 435. The number of amides is 1. The summed E-state index contributed by atoms with van der Waals surface area (Å²) in [6, 6.07) is 5.60. The highest BCUT2D eigenvalue weighted by Gasteiger charge is 2.28. The molecule has 0 aliphatic heterocycles. The Morgan fingerprint density at radius 3 is 2.61 bits per heavy atom. The van der Waals surface area contributed by atoms with Crippen molar-refractivity contribution in [2.45, 2.75) is 32.7 Å². The molecule has 0 saturated heterocycles. The van der Waals surface area contributed by atoms with E-state index in [-0.39, 0.29) is 11.9 Å². The first-order valence-corrected chi connectivity index (χ1v) is 7.13. The fourth-order valence-corrected chi connectivity index (χ4v) is 2.52. The van der Waals surface area contributed by atoms with Gasteiger partial charge in [-0.25, -0.2) is 0 Å². The summed E-state index contributed by atoms with van der Waals surface area (Å²) < 4.78 is 0.848. The van der Waals surface area contributed by atoms with E-state index in [1.54, 1.807) is 12.1 Å². The third-order valence-corrected chi connectivity index (χ3v) is 3.66. The summed E-state index contributed by atoms with van der Waals surface area (Å²) in [5.74, 6) is 0.769. The van der Waals surface area contributed by atoms with Crippen LogP contribution in [0.1, 0.15) is 37.0 Å². The van der Waals surface area contributed by atoms with Crippen molar-refractivity contribution in [2.24, 2.45) is 5.92 Å². The number of nitrogens with two attached hydrogens (primary N) is 1. The first-order valence-electron chi connectivity index (χ1n) is 6.34. The van der Waals surface area contributed by atoms with Gasteiger partial charge in [-0.2, -0.15) is 0 Å². The van der Waals surface area contributed by atoms with Gasteiger partial charge in [-0.1, -0.05) is 15.9 Å². The lowest BCUT2D eigenvalue weighted by Gasteiger charge is -2.27. The van der Waals surface area contributed by atoms with Crippen LogP contribution >= 0.6 is 15.9 Å². The summed E-state index contributed by atoms with van der Waals surface area (Å²) in [5.41, 5.74) is 7.06. The molecule has 1 aliphatic rings. The van der Waals surface area contributed by atoms with Gasteiger partial charge in [0.1, 0.15) is 0 Å². The molecular formula is C14H19BrN2O. The molecule has 0 aromatic heterocycles. The molecule has 98 valence electrons. The maximum atomic E-state index is 12.5. The SMILES string of the molecule is CC(C)N(CC1CC1)C(=O)c1cc(N)cc(Br)c1. The Kier molecular flexibility index (Phi) is 3.95. The zero-order valence-corrected chi connectivity index (χ0v) is 12.4. The normalized spacial score (nSPS) is 14.9. The van der Waals surface area contributed by atoms with E-state index in [4.69, 9.17) is 5.73 Å². The quantitative estimate of drug-likeness (QED) is 0.867. The summed E-state index contributed by atoms with van der Waals surface area (Å²) >= 11 is 3.38. The number of halogens is 1. The Morgan fingerprint density at radius 1 is 1.44 bits per heavy atom. The summed E-state index contributed by atoms with van der Waals surface area (Å²) in [7, 11) is 0. The predicted octanol–water partition coefficient (Wildman–Crippen LogP) is 3.29. The van der Waals surface area contributed by atoms with Gasteiger partial charge in [0, 0.05) is 28.3 Å². The number of benzene rings is 1. The monoisotopic (exact) mass is 310 g/mol. The molecule has 1 amide bonds. The van der Waals surface area contributed by atoms with E-state index in [0.717, 1.165) is 11.0 Å². The van der Waals surface area contributed by atoms with Crippen LogP contribution in [0.4, 0.5) is 5.69 Å². The molecule has 1 aromatic rings. The lowest BCUT2D eigenvalue weighted by molar-refractivity contribution is 0.0696. The van der Waals surface area contributed by atoms with E-state index in [9.17, 15) is 4.79 Å². The van der Waals surface area contributed by atoms with Gasteiger partial charge in [0.25, 0.3) is 5.91 Å². The molecule has 1 saturated carbocycles. The van der Waals surface area contributed by atoms with Gasteiger partial charge in [-0.15, -0.1) is 0 Å². The highest BCUT2D eigenvalue weighted by atomic mass is 79.9. The van der Waals surface area contributed by atoms with Crippen molar-refractivity contribution in [3.8, 4) is 0 Å². The fourth-order valence-electron chi connectivity index (χ4n) is 2.01. The van der Waals surface area contributed by atoms with Crippen molar-refractivity contribution in [1.29, 1.82) is 0 Å². The Hall–Kier alpha value is -1.03. The van der Waals surface area contributed by atoms with Crippen LogP contribution in [0.3, 0.4) is 0 Å². The van der Waals surface area contributed by atoms with Gasteiger partial charge in [-0.05, 0) is 50.8 Å². The van der Waals surface area contributed by atoms with E-state index in [1.165, 1.54) is 12.8 Å². The van der Waals surface area contributed by atoms with E-state index in [0.29, 0.717) is 17.2 Å². The zero-order valence-electron chi connectivity index (χ0n) is 10.8. The van der Waals surface area contributed by atoms with Crippen LogP contribution in [-0.4, -0.2) is 23.4 Å². The summed E-state index contributed by atoms with van der Waals surface area (Å²) in [6.07, 6.45) is 2.49. The number of hydrogen-bond donors (Lipinski definition) is 1. The summed E-state index contributed by atoms with van der Waals surface area (Å²) in [5, 5.41) is 0. The molecule has 2 N–H and O–H groups in total. The standard InChI is InChI=1S/C14H19BrN2O/c1-9(2)17(8-10-3-4-10)14(18)11-5-12(15)7-13(16)6-11/h5-7,9-10H,3-4,8,16H2,1-2H3. The average Bonchev–Trinajstić information content (AvgIpc) is 3.07. The number of anilines is 1. The second kappa shape index (κ2) is 5.31. The van der Waals surface area contributed by atoms with Crippen molar-refractivity contribution in [1.82, 2.24) is 4.90 Å². The zero-order chi connectivity index (χ0) is 13.3. The van der Waals surface area contributed by atoms with Crippen molar-refractivity contribution in [2.75, 3.05) is 12.3 Å². The van der Waals surface area contributed by atoms with Crippen LogP contribution in [-0.2, 0) is 0 Å². The minimum Gasteiger partial charge on any atom is -0.399 e. The van der Waals surface area contributed by atoms with E-state index < -0.39 is 0 Å². The average molecular weight is 311 g/mol. The van der Waals surface area contributed by atoms with Gasteiger partial charge < -0.3 is 10.6 Å². The number of carbonyl (C=O) groups excluding carboxylic acids is 1. The van der Waals surface area contributed by atoms with E-state index in [2.05, 4.69) is 29.8 Å². The Labute approximate surface area is 116 Å². The van der Waals surface area contributed by atoms with Crippen LogP contribution in [0.25, 0.3) is 0 Å². The molecule has 4 heteroatoms. The molecule has 18 heavy (non-hydrogen) atoms. The highest BCUT2D eigenvalue weighted by molar-refractivity contribution is 9.10. The van der Waals surface area contributed by atoms with Crippen LogP contribution in [0.5, 0.6) is 0 Å². The van der Waals surface area contributed by atoms with Crippen LogP contribution in [0.15, 0.2) is 22.7 Å².